The molecule has 1 aromatic heterocycles. The zero-order chi connectivity index (χ0) is 22.5. The molecule has 1 saturated heterocycles. The zero-order valence-corrected chi connectivity index (χ0v) is 17.3. The fourth-order valence-corrected chi connectivity index (χ4v) is 4.40. The summed E-state index contributed by atoms with van der Waals surface area (Å²) >= 11 is 0. The number of rotatable bonds is 4. The molecular weight excluding hydrogens is 408 g/mol. The first kappa shape index (κ1) is 22.6. The van der Waals surface area contributed by atoms with Crippen LogP contribution in [0.2, 0.25) is 0 Å². The van der Waals surface area contributed by atoms with E-state index in [1.807, 2.05) is 6.07 Å². The number of amides is 3. The third kappa shape index (κ3) is 4.49. The van der Waals surface area contributed by atoms with Crippen LogP contribution in [0.1, 0.15) is 26.6 Å². The van der Waals surface area contributed by atoms with Crippen molar-refractivity contribution in [3.8, 4) is 6.07 Å². The second-order valence-electron chi connectivity index (χ2n) is 6.17. The molecule has 1 fully saturated rings. The summed E-state index contributed by atoms with van der Waals surface area (Å²) in [5, 5.41) is 16.7. The SMILES string of the molecule is C=C.CC1=C2C(=C[CH]N1)NC(=O)N(CC(=O)NCc1cnc(C#N)cc1C)S2(=O)=O.[HH].[HH]. The number of carbonyl (C=O) groups excluding carboxylic acids is 2. The molecule has 0 aliphatic carbocycles. The Morgan fingerprint density at radius 1 is 1.40 bits per heavy atom. The number of nitrogens with zero attached hydrogens (tertiary/aromatic N) is 3. The molecule has 3 amide bonds. The number of dihydropyridines is 1. The quantitative estimate of drug-likeness (QED) is 0.609. The lowest BCUT2D eigenvalue weighted by Crippen LogP contribution is -2.54. The lowest BCUT2D eigenvalue weighted by atomic mass is 10.1. The topological polar surface area (TPSA) is 144 Å². The van der Waals surface area contributed by atoms with Gasteiger partial charge in [-0.05, 0) is 37.1 Å². The van der Waals surface area contributed by atoms with E-state index in [2.05, 4.69) is 34.1 Å². The molecule has 0 unspecified atom stereocenters. The highest BCUT2D eigenvalue weighted by molar-refractivity contribution is 7.94. The molecule has 3 heterocycles. The molecule has 2 aliphatic heterocycles. The van der Waals surface area contributed by atoms with Crippen molar-refractivity contribution in [1.29, 1.82) is 5.26 Å². The molecule has 30 heavy (non-hydrogen) atoms. The van der Waals surface area contributed by atoms with Gasteiger partial charge in [0.2, 0.25) is 5.91 Å². The van der Waals surface area contributed by atoms with Gasteiger partial charge in [0.05, 0.1) is 12.2 Å². The number of nitriles is 1. The van der Waals surface area contributed by atoms with Crippen LogP contribution in [0.5, 0.6) is 0 Å². The van der Waals surface area contributed by atoms with Crippen LogP contribution in [0.3, 0.4) is 0 Å². The fraction of sp³-hybridized carbons (Fsp3) is 0.211. The molecule has 0 aromatic carbocycles. The van der Waals surface area contributed by atoms with Gasteiger partial charge in [-0.1, -0.05) is 0 Å². The standard InChI is InChI=1S/C17H17N6O4S.C2H4.2H2/c1-10-5-13(6-18)20-7-12(10)8-21-15(24)9-23-17(25)22-14-3-4-19-11(2)16(14)28(23,26)27;1-2;;/h3-5,7,19H,8-9H2,1-2H3,(H,21,24)(H,22,25);1-2H2;2*1H. The summed E-state index contributed by atoms with van der Waals surface area (Å²) in [4.78, 5) is 28.4. The number of carbonyl (C=O) groups is 2. The van der Waals surface area contributed by atoms with E-state index in [0.29, 0.717) is 15.6 Å². The van der Waals surface area contributed by atoms with E-state index in [9.17, 15) is 18.0 Å². The van der Waals surface area contributed by atoms with Gasteiger partial charge in [-0.25, -0.2) is 22.5 Å². The van der Waals surface area contributed by atoms with Crippen LogP contribution >= 0.6 is 0 Å². The third-order valence-electron chi connectivity index (χ3n) is 4.25. The molecular formula is C19H25N6O4S. The van der Waals surface area contributed by atoms with Crippen molar-refractivity contribution in [2.45, 2.75) is 20.4 Å². The van der Waals surface area contributed by atoms with Gasteiger partial charge >= 0.3 is 6.03 Å². The Kier molecular flexibility index (Phi) is 6.97. The van der Waals surface area contributed by atoms with Crippen LogP contribution in [-0.2, 0) is 21.4 Å². The molecule has 11 heteroatoms. The van der Waals surface area contributed by atoms with Crippen LogP contribution in [-0.4, -0.2) is 36.2 Å². The Morgan fingerprint density at radius 3 is 2.73 bits per heavy atom. The van der Waals surface area contributed by atoms with Crippen molar-refractivity contribution >= 4 is 22.0 Å². The number of aryl methyl sites for hydroxylation is 1. The van der Waals surface area contributed by atoms with Crippen LogP contribution in [0.25, 0.3) is 0 Å². The maximum atomic E-state index is 12.8. The van der Waals surface area contributed by atoms with E-state index in [-0.39, 0.29) is 25.7 Å². The van der Waals surface area contributed by atoms with Crippen molar-refractivity contribution < 1.29 is 20.9 Å². The Bertz CT molecular complexity index is 1100. The van der Waals surface area contributed by atoms with Gasteiger partial charge in [0.1, 0.15) is 23.2 Å². The number of pyridine rings is 1. The Hall–Kier alpha value is -3.65. The average Bonchev–Trinajstić information content (AvgIpc) is 2.71. The molecule has 0 spiro atoms. The van der Waals surface area contributed by atoms with Crippen LogP contribution in [0.15, 0.2) is 47.8 Å². The second kappa shape index (κ2) is 9.23. The number of hydrogen-bond acceptors (Lipinski definition) is 7. The van der Waals surface area contributed by atoms with Gasteiger partial charge in [0, 0.05) is 21.3 Å². The average molecular weight is 434 g/mol. The number of aromatic nitrogens is 1. The molecule has 0 bridgehead atoms. The van der Waals surface area contributed by atoms with Gasteiger partial charge in [-0.3, -0.25) is 4.79 Å². The third-order valence-corrected chi connectivity index (χ3v) is 6.17. The van der Waals surface area contributed by atoms with Gasteiger partial charge in [-0.2, -0.15) is 5.26 Å². The summed E-state index contributed by atoms with van der Waals surface area (Å²) in [6.45, 7) is 10.3. The van der Waals surface area contributed by atoms with E-state index in [1.54, 1.807) is 19.9 Å². The predicted octanol–water partition coefficient (Wildman–Crippen LogP) is 1.41. The fourth-order valence-electron chi connectivity index (χ4n) is 2.79. The summed E-state index contributed by atoms with van der Waals surface area (Å²) in [5.41, 5.74) is 2.21. The Balaban J connectivity index is 0.00000234. The summed E-state index contributed by atoms with van der Waals surface area (Å²) < 4.78 is 26.1. The highest BCUT2D eigenvalue weighted by Gasteiger charge is 2.42. The maximum absolute atomic E-state index is 12.8. The first-order valence-electron chi connectivity index (χ1n) is 8.71. The first-order chi connectivity index (χ1) is 14.2. The zero-order valence-electron chi connectivity index (χ0n) is 16.5. The highest BCUT2D eigenvalue weighted by atomic mass is 32.2. The van der Waals surface area contributed by atoms with Crippen LogP contribution in [0, 0.1) is 24.8 Å². The van der Waals surface area contributed by atoms with Crippen LogP contribution < -0.4 is 16.0 Å². The first-order valence-corrected chi connectivity index (χ1v) is 10.2. The number of hydrogen-bond donors (Lipinski definition) is 3. The largest absolute Gasteiger partial charge is 0.379 e. The number of sulfonamides is 1. The lowest BCUT2D eigenvalue weighted by Gasteiger charge is -2.32. The summed E-state index contributed by atoms with van der Waals surface area (Å²) in [7, 11) is -4.18. The summed E-state index contributed by atoms with van der Waals surface area (Å²) in [6, 6.07) is 2.61. The lowest BCUT2D eigenvalue weighted by molar-refractivity contribution is -0.121. The van der Waals surface area contributed by atoms with E-state index >= 15 is 0 Å². The van der Waals surface area contributed by atoms with Gasteiger partial charge in [0.15, 0.2) is 0 Å². The number of allylic oxidation sites excluding steroid dienone is 1. The van der Waals surface area contributed by atoms with E-state index in [1.165, 1.54) is 18.8 Å². The van der Waals surface area contributed by atoms with Crippen molar-refractivity contribution in [1.82, 2.24) is 25.2 Å². The van der Waals surface area contributed by atoms with E-state index in [0.717, 1.165) is 5.56 Å². The molecule has 3 rings (SSSR count). The minimum absolute atomic E-state index is 0. The number of fused-ring (bicyclic) bond motifs is 1. The second-order valence-corrected chi connectivity index (χ2v) is 7.97. The maximum Gasteiger partial charge on any atom is 0.336 e. The van der Waals surface area contributed by atoms with E-state index < -0.39 is 28.5 Å². The molecule has 1 aromatic rings. The highest BCUT2D eigenvalue weighted by Crippen LogP contribution is 2.29. The molecule has 0 atom stereocenters. The number of nitrogens with one attached hydrogen (secondary N) is 3. The predicted molar refractivity (Wildman–Crippen MR) is 113 cm³/mol. The minimum Gasteiger partial charge on any atom is -0.379 e. The Labute approximate surface area is 178 Å². The van der Waals surface area contributed by atoms with Gasteiger partial charge < -0.3 is 16.0 Å². The molecule has 2 aliphatic rings. The van der Waals surface area contributed by atoms with Crippen LogP contribution in [0.4, 0.5) is 4.79 Å². The molecule has 1 radical (unpaired) electrons. The van der Waals surface area contributed by atoms with Crippen molar-refractivity contribution in [3.05, 3.63) is 71.2 Å². The monoisotopic (exact) mass is 433 g/mol. The van der Waals surface area contributed by atoms with E-state index in [4.69, 9.17) is 5.26 Å². The van der Waals surface area contributed by atoms with Crippen molar-refractivity contribution in [2.75, 3.05) is 6.54 Å². The summed E-state index contributed by atoms with van der Waals surface area (Å²) in [6.07, 6.45) is 2.91. The summed E-state index contributed by atoms with van der Waals surface area (Å²) in [5.74, 6) is -0.650. The molecule has 3 N–H and O–H groups in total. The normalized spacial score (nSPS) is 16.6. The Morgan fingerprint density at radius 2 is 2.10 bits per heavy atom. The smallest absolute Gasteiger partial charge is 0.336 e. The van der Waals surface area contributed by atoms with Gasteiger partial charge in [-0.15, -0.1) is 13.2 Å². The number of urea groups is 1. The van der Waals surface area contributed by atoms with Crippen molar-refractivity contribution in [3.63, 3.8) is 0 Å². The van der Waals surface area contributed by atoms with Crippen molar-refractivity contribution in [2.24, 2.45) is 0 Å². The molecule has 10 nitrogen and oxygen atoms in total. The molecule has 161 valence electrons. The van der Waals surface area contributed by atoms with Gasteiger partial charge in [0.25, 0.3) is 10.0 Å². The minimum atomic E-state index is -4.18. The molecule has 0 saturated carbocycles.